The van der Waals surface area contributed by atoms with Gasteiger partial charge in [-0.3, -0.25) is 0 Å². The Kier molecular flexibility index (Phi) is 4.53. The summed E-state index contributed by atoms with van der Waals surface area (Å²) in [6.07, 6.45) is 2.39. The molecule has 1 aliphatic rings. The molecule has 0 amide bonds. The van der Waals surface area contributed by atoms with E-state index in [9.17, 15) is 8.42 Å². The van der Waals surface area contributed by atoms with Gasteiger partial charge in [0, 0.05) is 12.6 Å². The second-order valence-corrected chi connectivity index (χ2v) is 6.39. The first-order valence-electron chi connectivity index (χ1n) is 6.31. The average Bonchev–Trinajstić information content (AvgIpc) is 2.91. The summed E-state index contributed by atoms with van der Waals surface area (Å²) < 4.78 is 26.7. The Bertz CT molecular complexity index is 555. The first-order valence-corrected chi connectivity index (χ1v) is 7.79. The topological polar surface area (TPSA) is 82.0 Å². The minimum Gasteiger partial charge on any atom is -0.313 e. The van der Waals surface area contributed by atoms with E-state index in [0.29, 0.717) is 13.0 Å². The Morgan fingerprint density at radius 3 is 2.68 bits per heavy atom. The molecule has 0 bridgehead atoms. The van der Waals surface area contributed by atoms with E-state index in [-0.39, 0.29) is 10.9 Å². The van der Waals surface area contributed by atoms with Crippen LogP contribution in [0, 0.1) is 11.3 Å². The van der Waals surface area contributed by atoms with Crippen LogP contribution in [0.4, 0.5) is 0 Å². The summed E-state index contributed by atoms with van der Waals surface area (Å²) >= 11 is 0. The van der Waals surface area contributed by atoms with Crippen molar-refractivity contribution >= 4 is 10.0 Å². The van der Waals surface area contributed by atoms with Gasteiger partial charge in [-0.05, 0) is 37.1 Å². The normalized spacial score (nSPS) is 19.2. The van der Waals surface area contributed by atoms with Crippen molar-refractivity contribution in [1.82, 2.24) is 10.0 Å². The molecule has 0 saturated carbocycles. The first kappa shape index (κ1) is 14.0. The minimum absolute atomic E-state index is 0.229. The summed E-state index contributed by atoms with van der Waals surface area (Å²) in [7, 11) is -3.45. The van der Waals surface area contributed by atoms with Gasteiger partial charge in [-0.25, -0.2) is 13.1 Å². The van der Waals surface area contributed by atoms with E-state index in [1.807, 2.05) is 6.07 Å². The van der Waals surface area contributed by atoms with Crippen LogP contribution in [0.3, 0.4) is 0 Å². The molecular formula is C13H17N3O2S. The SMILES string of the molecule is N#CCc1ccc(S(=O)(=O)NCC2CCCN2)cc1. The third-order valence-corrected chi connectivity index (χ3v) is 4.64. The molecule has 1 atom stereocenters. The number of benzene rings is 1. The fraction of sp³-hybridized carbons (Fsp3) is 0.462. The van der Waals surface area contributed by atoms with Gasteiger partial charge in [-0.2, -0.15) is 5.26 Å². The molecular weight excluding hydrogens is 262 g/mol. The maximum absolute atomic E-state index is 12.1. The molecule has 102 valence electrons. The zero-order chi connectivity index (χ0) is 13.7. The number of rotatable bonds is 5. The molecule has 1 aromatic carbocycles. The monoisotopic (exact) mass is 279 g/mol. The van der Waals surface area contributed by atoms with Crippen molar-refractivity contribution in [3.05, 3.63) is 29.8 Å². The van der Waals surface area contributed by atoms with Crippen molar-refractivity contribution in [2.75, 3.05) is 13.1 Å². The summed E-state index contributed by atoms with van der Waals surface area (Å²) in [5, 5.41) is 11.8. The van der Waals surface area contributed by atoms with Crippen LogP contribution in [-0.4, -0.2) is 27.5 Å². The van der Waals surface area contributed by atoms with Crippen LogP contribution in [0.1, 0.15) is 18.4 Å². The molecule has 1 fully saturated rings. The van der Waals surface area contributed by atoms with Gasteiger partial charge in [-0.1, -0.05) is 12.1 Å². The summed E-state index contributed by atoms with van der Waals surface area (Å²) in [4.78, 5) is 0.243. The predicted octanol–water partition coefficient (Wildman–Crippen LogP) is 0.783. The van der Waals surface area contributed by atoms with E-state index in [2.05, 4.69) is 10.0 Å². The smallest absolute Gasteiger partial charge is 0.240 e. The fourth-order valence-corrected chi connectivity index (χ4v) is 3.18. The molecule has 1 heterocycles. The molecule has 0 aliphatic carbocycles. The lowest BCUT2D eigenvalue weighted by molar-refractivity contribution is 0.552. The lowest BCUT2D eigenvalue weighted by atomic mass is 10.2. The lowest BCUT2D eigenvalue weighted by Crippen LogP contribution is -2.37. The molecule has 5 nitrogen and oxygen atoms in total. The third-order valence-electron chi connectivity index (χ3n) is 3.20. The van der Waals surface area contributed by atoms with Crippen LogP contribution >= 0.6 is 0 Å². The zero-order valence-corrected chi connectivity index (χ0v) is 11.4. The van der Waals surface area contributed by atoms with Crippen molar-refractivity contribution in [3.63, 3.8) is 0 Å². The molecule has 6 heteroatoms. The van der Waals surface area contributed by atoms with Crippen molar-refractivity contribution in [2.24, 2.45) is 0 Å². The third kappa shape index (κ3) is 3.77. The second-order valence-electron chi connectivity index (χ2n) is 4.62. The number of sulfonamides is 1. The Labute approximate surface area is 113 Å². The van der Waals surface area contributed by atoms with E-state index in [4.69, 9.17) is 5.26 Å². The van der Waals surface area contributed by atoms with Gasteiger partial charge in [-0.15, -0.1) is 0 Å². The maximum Gasteiger partial charge on any atom is 0.240 e. The van der Waals surface area contributed by atoms with Crippen LogP contribution < -0.4 is 10.0 Å². The lowest BCUT2D eigenvalue weighted by Gasteiger charge is -2.12. The van der Waals surface area contributed by atoms with Crippen LogP contribution in [0.5, 0.6) is 0 Å². The Morgan fingerprint density at radius 1 is 1.37 bits per heavy atom. The quantitative estimate of drug-likeness (QED) is 0.834. The van der Waals surface area contributed by atoms with E-state index in [0.717, 1.165) is 24.9 Å². The van der Waals surface area contributed by atoms with E-state index < -0.39 is 10.0 Å². The molecule has 1 aromatic rings. The highest BCUT2D eigenvalue weighted by atomic mass is 32.2. The molecule has 2 N–H and O–H groups in total. The molecule has 0 spiro atoms. The first-order chi connectivity index (χ1) is 9.12. The molecule has 0 aromatic heterocycles. The highest BCUT2D eigenvalue weighted by molar-refractivity contribution is 7.89. The van der Waals surface area contributed by atoms with Gasteiger partial charge < -0.3 is 5.32 Å². The van der Waals surface area contributed by atoms with Gasteiger partial charge in [0.1, 0.15) is 0 Å². The van der Waals surface area contributed by atoms with Crippen LogP contribution in [0.2, 0.25) is 0 Å². The van der Waals surface area contributed by atoms with Gasteiger partial charge in [0.25, 0.3) is 0 Å². The fourth-order valence-electron chi connectivity index (χ4n) is 2.10. The molecule has 1 unspecified atom stereocenters. The molecule has 19 heavy (non-hydrogen) atoms. The van der Waals surface area contributed by atoms with Gasteiger partial charge in [0.05, 0.1) is 17.4 Å². The Morgan fingerprint density at radius 2 is 2.11 bits per heavy atom. The van der Waals surface area contributed by atoms with Crippen molar-refractivity contribution in [2.45, 2.75) is 30.2 Å². The highest BCUT2D eigenvalue weighted by Gasteiger charge is 2.19. The Hall–Kier alpha value is -1.42. The average molecular weight is 279 g/mol. The maximum atomic E-state index is 12.1. The van der Waals surface area contributed by atoms with Gasteiger partial charge >= 0.3 is 0 Å². The van der Waals surface area contributed by atoms with Gasteiger partial charge in [0.15, 0.2) is 0 Å². The number of hydrogen-bond acceptors (Lipinski definition) is 4. The van der Waals surface area contributed by atoms with Crippen LogP contribution in [0.15, 0.2) is 29.2 Å². The number of nitriles is 1. The second kappa shape index (κ2) is 6.15. The van der Waals surface area contributed by atoms with Crippen LogP contribution in [0.25, 0.3) is 0 Å². The van der Waals surface area contributed by atoms with Crippen molar-refractivity contribution in [1.29, 1.82) is 5.26 Å². The minimum atomic E-state index is -3.45. The van der Waals surface area contributed by atoms with Crippen LogP contribution in [-0.2, 0) is 16.4 Å². The van der Waals surface area contributed by atoms with Crippen molar-refractivity contribution < 1.29 is 8.42 Å². The van der Waals surface area contributed by atoms with E-state index in [1.165, 1.54) is 12.1 Å². The highest BCUT2D eigenvalue weighted by Crippen LogP contribution is 2.11. The summed E-state index contributed by atoms with van der Waals surface area (Å²) in [6, 6.07) is 8.68. The van der Waals surface area contributed by atoms with Gasteiger partial charge in [0.2, 0.25) is 10.0 Å². The number of hydrogen-bond donors (Lipinski definition) is 2. The Balaban J connectivity index is 2.00. The molecule has 2 rings (SSSR count). The van der Waals surface area contributed by atoms with E-state index in [1.54, 1.807) is 12.1 Å². The molecule has 1 saturated heterocycles. The molecule has 0 radical (unpaired) electrons. The van der Waals surface area contributed by atoms with Crippen molar-refractivity contribution in [3.8, 4) is 6.07 Å². The predicted molar refractivity (Wildman–Crippen MR) is 72.0 cm³/mol. The molecule has 1 aliphatic heterocycles. The summed E-state index contributed by atoms with van der Waals surface area (Å²) in [5.74, 6) is 0. The number of nitrogens with one attached hydrogen (secondary N) is 2. The summed E-state index contributed by atoms with van der Waals surface area (Å²) in [6.45, 7) is 1.37. The standard InChI is InChI=1S/C13H17N3O2S/c14-8-7-11-3-5-13(6-4-11)19(17,18)16-10-12-2-1-9-15-12/h3-6,12,15-16H,1-2,7,9-10H2. The summed E-state index contributed by atoms with van der Waals surface area (Å²) in [5.41, 5.74) is 0.818. The number of nitrogens with zero attached hydrogens (tertiary/aromatic N) is 1. The zero-order valence-electron chi connectivity index (χ0n) is 10.6. The largest absolute Gasteiger partial charge is 0.313 e. The van der Waals surface area contributed by atoms with E-state index >= 15 is 0 Å².